The molecule has 1 amide bonds. The fraction of sp³-hybridized carbons (Fsp3) is 0.240. The summed E-state index contributed by atoms with van der Waals surface area (Å²) < 4.78 is 7.11. The molecule has 4 aromatic rings. The highest BCUT2D eigenvalue weighted by Gasteiger charge is 2.23. The molecule has 0 aliphatic heterocycles. The van der Waals surface area contributed by atoms with Crippen molar-refractivity contribution in [2.75, 3.05) is 5.32 Å². The van der Waals surface area contributed by atoms with Crippen LogP contribution in [0, 0.1) is 6.92 Å². The van der Waals surface area contributed by atoms with Crippen LogP contribution < -0.4 is 10.9 Å². The summed E-state index contributed by atoms with van der Waals surface area (Å²) in [5.74, 6) is -0.0111. The van der Waals surface area contributed by atoms with E-state index in [1.165, 1.54) is 16.5 Å². The van der Waals surface area contributed by atoms with Crippen LogP contribution in [-0.4, -0.2) is 15.5 Å². The number of rotatable bonds is 7. The number of carbonyl (C=O) groups is 1. The molecule has 0 aliphatic rings. The summed E-state index contributed by atoms with van der Waals surface area (Å²) in [6.45, 7) is 4.20. The minimum atomic E-state index is -0.381. The van der Waals surface area contributed by atoms with Crippen molar-refractivity contribution in [2.24, 2.45) is 0 Å². The van der Waals surface area contributed by atoms with Gasteiger partial charge in [-0.3, -0.25) is 14.2 Å². The molecular formula is C25H25N3O3. The van der Waals surface area contributed by atoms with Gasteiger partial charge in [0.25, 0.3) is 11.5 Å². The van der Waals surface area contributed by atoms with Crippen LogP contribution in [0.4, 0.5) is 5.69 Å². The number of furan rings is 1. The van der Waals surface area contributed by atoms with Crippen molar-refractivity contribution in [1.82, 2.24) is 9.55 Å². The summed E-state index contributed by atoms with van der Waals surface area (Å²) in [6, 6.07) is 17.4. The van der Waals surface area contributed by atoms with E-state index in [0.29, 0.717) is 18.0 Å². The molecule has 158 valence electrons. The Balaban J connectivity index is 1.63. The Kier molecular flexibility index (Phi) is 5.98. The number of aryl methyl sites for hydroxylation is 2. The van der Waals surface area contributed by atoms with Crippen LogP contribution in [0.15, 0.2) is 70.1 Å². The zero-order chi connectivity index (χ0) is 21.8. The molecule has 0 aliphatic carbocycles. The van der Waals surface area contributed by atoms with Crippen molar-refractivity contribution in [3.05, 3.63) is 93.7 Å². The Labute approximate surface area is 180 Å². The lowest BCUT2D eigenvalue weighted by molar-refractivity contribution is 0.102. The number of nitrogens with one attached hydrogen (secondary N) is 1. The molecule has 2 aromatic carbocycles. The first-order valence-corrected chi connectivity index (χ1v) is 10.5. The number of aromatic nitrogens is 2. The Morgan fingerprint density at radius 1 is 1.06 bits per heavy atom. The van der Waals surface area contributed by atoms with Gasteiger partial charge in [0.15, 0.2) is 0 Å². The highest BCUT2D eigenvalue weighted by atomic mass is 16.3. The maximum Gasteiger partial charge on any atom is 0.265 e. The molecule has 2 heterocycles. The molecular weight excluding hydrogens is 390 g/mol. The molecule has 0 saturated carbocycles. The smallest absolute Gasteiger partial charge is 0.265 e. The maximum absolute atomic E-state index is 13.2. The first kappa shape index (κ1) is 20.6. The standard InChI is InChI=1S/C25H25N3O3/c1-3-4-8-18-11-13-20(14-12-18)27-23(29)21-17(2)31-24-22(21)25(30)28(16-26-24)15-19-9-6-5-7-10-19/h5-7,9-14,16H,3-4,8,15H2,1-2H3,(H,27,29). The number of benzene rings is 2. The normalized spacial score (nSPS) is 11.0. The number of carbonyl (C=O) groups excluding carboxylic acids is 1. The third kappa shape index (κ3) is 4.43. The summed E-state index contributed by atoms with van der Waals surface area (Å²) in [5, 5.41) is 3.08. The Morgan fingerprint density at radius 2 is 1.81 bits per heavy atom. The van der Waals surface area contributed by atoms with Crippen LogP contribution in [0.5, 0.6) is 0 Å². The third-order valence-corrected chi connectivity index (χ3v) is 5.31. The Bertz CT molecular complexity index is 1260. The van der Waals surface area contributed by atoms with Gasteiger partial charge in [0.1, 0.15) is 17.5 Å². The minimum absolute atomic E-state index is 0.173. The molecule has 0 bridgehead atoms. The predicted octanol–water partition coefficient (Wildman–Crippen LogP) is 4.94. The van der Waals surface area contributed by atoms with Crippen LogP contribution in [0.2, 0.25) is 0 Å². The van der Waals surface area contributed by atoms with Gasteiger partial charge in [-0.15, -0.1) is 0 Å². The number of amides is 1. The molecule has 4 rings (SSSR count). The van der Waals surface area contributed by atoms with E-state index in [9.17, 15) is 9.59 Å². The second-order valence-corrected chi connectivity index (χ2v) is 7.63. The lowest BCUT2D eigenvalue weighted by atomic mass is 10.1. The average molecular weight is 415 g/mol. The van der Waals surface area contributed by atoms with Gasteiger partial charge < -0.3 is 9.73 Å². The quantitative estimate of drug-likeness (QED) is 0.464. The highest BCUT2D eigenvalue weighted by Crippen LogP contribution is 2.23. The van der Waals surface area contributed by atoms with Crippen molar-refractivity contribution in [1.29, 1.82) is 0 Å². The van der Waals surface area contributed by atoms with Crippen LogP contribution in [0.3, 0.4) is 0 Å². The summed E-state index contributed by atoms with van der Waals surface area (Å²) in [6.07, 6.45) is 4.75. The first-order valence-electron chi connectivity index (χ1n) is 10.5. The Morgan fingerprint density at radius 3 is 2.52 bits per heavy atom. The van der Waals surface area contributed by atoms with Gasteiger partial charge in [-0.1, -0.05) is 55.8 Å². The molecule has 2 aromatic heterocycles. The zero-order valence-electron chi connectivity index (χ0n) is 17.7. The lowest BCUT2D eigenvalue weighted by Gasteiger charge is -2.07. The fourth-order valence-electron chi connectivity index (χ4n) is 3.63. The van der Waals surface area contributed by atoms with Crippen molar-refractivity contribution in [3.63, 3.8) is 0 Å². The summed E-state index contributed by atoms with van der Waals surface area (Å²) in [7, 11) is 0. The summed E-state index contributed by atoms with van der Waals surface area (Å²) >= 11 is 0. The number of anilines is 1. The Hall–Kier alpha value is -3.67. The largest absolute Gasteiger partial charge is 0.442 e. The van der Waals surface area contributed by atoms with E-state index in [1.807, 2.05) is 54.6 Å². The number of hydrogen-bond donors (Lipinski definition) is 1. The van der Waals surface area contributed by atoms with Crippen LogP contribution in [0.25, 0.3) is 11.1 Å². The van der Waals surface area contributed by atoms with Gasteiger partial charge in [0.2, 0.25) is 5.71 Å². The summed E-state index contributed by atoms with van der Waals surface area (Å²) in [5.41, 5.74) is 2.98. The molecule has 0 atom stereocenters. The van der Waals surface area contributed by atoms with Gasteiger partial charge in [-0.05, 0) is 43.0 Å². The topological polar surface area (TPSA) is 77.1 Å². The minimum Gasteiger partial charge on any atom is -0.442 e. The van der Waals surface area contributed by atoms with E-state index >= 15 is 0 Å². The second-order valence-electron chi connectivity index (χ2n) is 7.63. The molecule has 31 heavy (non-hydrogen) atoms. The number of unbranched alkanes of at least 4 members (excludes halogenated alkanes) is 1. The molecule has 0 unspecified atom stereocenters. The molecule has 0 radical (unpaired) electrons. The number of fused-ring (bicyclic) bond motifs is 1. The number of hydrogen-bond acceptors (Lipinski definition) is 4. The van der Waals surface area contributed by atoms with Crippen molar-refractivity contribution in [3.8, 4) is 0 Å². The first-order chi connectivity index (χ1) is 15.1. The SMILES string of the molecule is CCCCc1ccc(NC(=O)c2c(C)oc3ncn(Cc4ccccc4)c(=O)c23)cc1. The molecule has 1 N–H and O–H groups in total. The van der Waals surface area contributed by atoms with E-state index in [2.05, 4.69) is 17.2 Å². The monoisotopic (exact) mass is 415 g/mol. The van der Waals surface area contributed by atoms with Gasteiger partial charge >= 0.3 is 0 Å². The fourth-order valence-corrected chi connectivity index (χ4v) is 3.63. The lowest BCUT2D eigenvalue weighted by Crippen LogP contribution is -2.23. The molecule has 0 fully saturated rings. The highest BCUT2D eigenvalue weighted by molar-refractivity contribution is 6.12. The average Bonchev–Trinajstić information content (AvgIpc) is 3.13. The number of nitrogens with zero attached hydrogens (tertiary/aromatic N) is 2. The van der Waals surface area contributed by atoms with Gasteiger partial charge in [0.05, 0.1) is 12.1 Å². The summed E-state index contributed by atoms with van der Waals surface area (Å²) in [4.78, 5) is 30.5. The molecule has 6 nitrogen and oxygen atoms in total. The van der Waals surface area contributed by atoms with E-state index in [0.717, 1.165) is 24.8 Å². The third-order valence-electron chi connectivity index (χ3n) is 5.31. The van der Waals surface area contributed by atoms with E-state index in [4.69, 9.17) is 4.42 Å². The van der Waals surface area contributed by atoms with Crippen LogP contribution in [-0.2, 0) is 13.0 Å². The van der Waals surface area contributed by atoms with Gasteiger partial charge in [-0.2, -0.15) is 0 Å². The van der Waals surface area contributed by atoms with Crippen molar-refractivity contribution >= 4 is 22.7 Å². The molecule has 0 saturated heterocycles. The molecule has 0 spiro atoms. The van der Waals surface area contributed by atoms with E-state index in [1.54, 1.807) is 6.92 Å². The van der Waals surface area contributed by atoms with Crippen molar-refractivity contribution in [2.45, 2.75) is 39.7 Å². The second kappa shape index (κ2) is 9.00. The van der Waals surface area contributed by atoms with Gasteiger partial charge in [-0.25, -0.2) is 4.98 Å². The zero-order valence-corrected chi connectivity index (χ0v) is 17.7. The van der Waals surface area contributed by atoms with E-state index < -0.39 is 0 Å². The van der Waals surface area contributed by atoms with Gasteiger partial charge in [0, 0.05) is 5.69 Å². The predicted molar refractivity (Wildman–Crippen MR) is 122 cm³/mol. The van der Waals surface area contributed by atoms with Crippen LogP contribution in [0.1, 0.15) is 47.0 Å². The van der Waals surface area contributed by atoms with E-state index in [-0.39, 0.29) is 28.1 Å². The maximum atomic E-state index is 13.2. The van der Waals surface area contributed by atoms with Crippen molar-refractivity contribution < 1.29 is 9.21 Å². The molecule has 6 heteroatoms. The van der Waals surface area contributed by atoms with Crippen LogP contribution >= 0.6 is 0 Å².